The Bertz CT molecular complexity index is 447. The third-order valence-corrected chi connectivity index (χ3v) is 4.54. The zero-order valence-corrected chi connectivity index (χ0v) is 14.5. The normalized spacial score (nSPS) is 19.2. The Morgan fingerprint density at radius 1 is 1.37 bits per heavy atom. The maximum atomic E-state index is 11.0. The molecule has 0 bridgehead atoms. The highest BCUT2D eigenvalue weighted by atomic mass is 127. The number of rotatable bonds is 4. The molecule has 4 nitrogen and oxygen atoms in total. The second-order valence-corrected chi connectivity index (χ2v) is 6.70. The lowest BCUT2D eigenvalue weighted by Gasteiger charge is -2.23. The molecule has 0 aliphatic carbocycles. The van der Waals surface area contributed by atoms with Crippen LogP contribution in [0.5, 0.6) is 5.75 Å². The van der Waals surface area contributed by atoms with Gasteiger partial charge in [-0.1, -0.05) is 0 Å². The van der Waals surface area contributed by atoms with Gasteiger partial charge in [-0.15, -0.1) is 0 Å². The highest BCUT2D eigenvalue weighted by Gasteiger charge is 2.17. The van der Waals surface area contributed by atoms with Gasteiger partial charge in [-0.05, 0) is 76.6 Å². The van der Waals surface area contributed by atoms with E-state index in [0.29, 0.717) is 6.61 Å². The number of hydrogen-bond acceptors (Lipinski definition) is 3. The first-order valence-corrected chi connectivity index (χ1v) is 8.20. The molecule has 1 unspecified atom stereocenters. The van der Waals surface area contributed by atoms with E-state index in [0.717, 1.165) is 32.3 Å². The number of hydrogen-bond donors (Lipinski definition) is 1. The van der Waals surface area contributed by atoms with E-state index in [1.165, 1.54) is 6.42 Å². The first-order valence-electron chi connectivity index (χ1n) is 6.04. The Kier molecular flexibility index (Phi) is 5.70. The largest absolute Gasteiger partial charge is 0.489 e. The van der Waals surface area contributed by atoms with Gasteiger partial charge in [-0.3, -0.25) is 0 Å². The second kappa shape index (κ2) is 7.07. The molecular weight excluding hydrogens is 474 g/mol. The molecule has 1 aromatic carbocycles. The van der Waals surface area contributed by atoms with Crippen molar-refractivity contribution < 1.29 is 19.4 Å². The Labute approximate surface area is 139 Å². The van der Waals surface area contributed by atoms with Gasteiger partial charge in [0.1, 0.15) is 12.4 Å². The number of ether oxygens (including phenoxy) is 2. The summed E-state index contributed by atoms with van der Waals surface area (Å²) >= 11 is 4.21. The molecule has 1 aliphatic rings. The Morgan fingerprint density at radius 3 is 2.58 bits per heavy atom. The highest BCUT2D eigenvalue weighted by Crippen LogP contribution is 2.29. The van der Waals surface area contributed by atoms with E-state index in [1.54, 1.807) is 12.1 Å². The molecule has 1 N–H and O–H groups in total. The van der Waals surface area contributed by atoms with Crippen LogP contribution in [-0.4, -0.2) is 30.4 Å². The second-order valence-electron chi connectivity index (χ2n) is 4.37. The Balaban J connectivity index is 2.05. The summed E-state index contributed by atoms with van der Waals surface area (Å²) in [7, 11) is 0. The van der Waals surface area contributed by atoms with Crippen molar-refractivity contribution in [1.29, 1.82) is 0 Å². The van der Waals surface area contributed by atoms with E-state index in [9.17, 15) is 4.79 Å². The first kappa shape index (κ1) is 15.3. The van der Waals surface area contributed by atoms with Crippen LogP contribution in [-0.2, 0) is 4.74 Å². The zero-order chi connectivity index (χ0) is 13.8. The first-order chi connectivity index (χ1) is 9.08. The van der Waals surface area contributed by atoms with Crippen LogP contribution in [0.4, 0.5) is 0 Å². The van der Waals surface area contributed by atoms with E-state index < -0.39 is 5.97 Å². The number of carboxylic acids is 1. The van der Waals surface area contributed by atoms with Crippen LogP contribution >= 0.6 is 45.2 Å². The molecule has 1 saturated heterocycles. The van der Waals surface area contributed by atoms with Gasteiger partial charge >= 0.3 is 5.97 Å². The van der Waals surface area contributed by atoms with Gasteiger partial charge in [-0.2, -0.15) is 0 Å². The molecule has 104 valence electrons. The molecule has 1 aliphatic heterocycles. The quantitative estimate of drug-likeness (QED) is 0.660. The van der Waals surface area contributed by atoms with Gasteiger partial charge in [-0.25, -0.2) is 4.79 Å². The molecular formula is C13H14I2O4. The molecule has 0 amide bonds. The van der Waals surface area contributed by atoms with Gasteiger partial charge in [0.05, 0.1) is 18.8 Å². The van der Waals surface area contributed by atoms with Crippen LogP contribution in [0.15, 0.2) is 12.1 Å². The summed E-state index contributed by atoms with van der Waals surface area (Å²) in [5.74, 6) is -0.168. The minimum Gasteiger partial charge on any atom is -0.489 e. The summed E-state index contributed by atoms with van der Waals surface area (Å²) in [6.07, 6.45) is 3.49. The van der Waals surface area contributed by atoms with Crippen molar-refractivity contribution in [2.75, 3.05) is 13.2 Å². The molecule has 19 heavy (non-hydrogen) atoms. The maximum absolute atomic E-state index is 11.0. The Morgan fingerprint density at radius 2 is 2.05 bits per heavy atom. The van der Waals surface area contributed by atoms with Crippen LogP contribution in [0.25, 0.3) is 0 Å². The topological polar surface area (TPSA) is 55.8 Å². The van der Waals surface area contributed by atoms with Crippen molar-refractivity contribution in [3.05, 3.63) is 24.8 Å². The van der Waals surface area contributed by atoms with Crippen LogP contribution in [0.2, 0.25) is 0 Å². The fourth-order valence-corrected chi connectivity index (χ4v) is 4.02. The van der Waals surface area contributed by atoms with E-state index in [4.69, 9.17) is 14.6 Å². The molecule has 0 radical (unpaired) electrons. The summed E-state index contributed by atoms with van der Waals surface area (Å²) in [4.78, 5) is 11.0. The summed E-state index contributed by atoms with van der Waals surface area (Å²) < 4.78 is 13.1. The molecule has 0 saturated carbocycles. The standard InChI is InChI=1S/C13H14I2O4/c14-10-5-8(13(16)17)6-11(15)12(10)19-7-9-3-1-2-4-18-9/h5-6,9H,1-4,7H2,(H,16,17). The molecule has 1 aromatic rings. The van der Waals surface area contributed by atoms with Crippen LogP contribution in [0.1, 0.15) is 29.6 Å². The maximum Gasteiger partial charge on any atom is 0.335 e. The molecule has 6 heteroatoms. The minimum absolute atomic E-state index is 0.152. The number of aromatic carboxylic acids is 1. The molecule has 0 aromatic heterocycles. The van der Waals surface area contributed by atoms with Crippen LogP contribution < -0.4 is 4.74 Å². The lowest BCUT2D eigenvalue weighted by molar-refractivity contribution is -0.0114. The smallest absolute Gasteiger partial charge is 0.335 e. The summed E-state index contributed by atoms with van der Waals surface area (Å²) in [5.41, 5.74) is 0.287. The van der Waals surface area contributed by atoms with Crippen molar-refractivity contribution in [2.45, 2.75) is 25.4 Å². The summed E-state index contributed by atoms with van der Waals surface area (Å²) in [6.45, 7) is 1.33. The highest BCUT2D eigenvalue weighted by molar-refractivity contribution is 14.1. The van der Waals surface area contributed by atoms with Gasteiger partial charge in [0.2, 0.25) is 0 Å². The predicted molar refractivity (Wildman–Crippen MR) is 87.9 cm³/mol. The average molecular weight is 488 g/mol. The molecule has 1 atom stereocenters. The number of carboxylic acid groups (broad SMARTS) is 1. The Hall–Kier alpha value is -0.0900. The van der Waals surface area contributed by atoms with Gasteiger partial charge < -0.3 is 14.6 Å². The van der Waals surface area contributed by atoms with Crippen molar-refractivity contribution in [2.24, 2.45) is 0 Å². The van der Waals surface area contributed by atoms with E-state index in [2.05, 4.69) is 45.2 Å². The van der Waals surface area contributed by atoms with E-state index >= 15 is 0 Å². The minimum atomic E-state index is -0.919. The number of halogens is 2. The summed E-state index contributed by atoms with van der Waals surface area (Å²) in [5, 5.41) is 8.99. The molecule has 0 spiro atoms. The fourth-order valence-electron chi connectivity index (χ4n) is 1.94. The number of carbonyl (C=O) groups is 1. The average Bonchev–Trinajstić information content (AvgIpc) is 2.38. The van der Waals surface area contributed by atoms with Crippen LogP contribution in [0.3, 0.4) is 0 Å². The summed E-state index contributed by atoms with van der Waals surface area (Å²) in [6, 6.07) is 3.25. The van der Waals surface area contributed by atoms with Gasteiger partial charge in [0.25, 0.3) is 0 Å². The van der Waals surface area contributed by atoms with Crippen molar-refractivity contribution in [3.63, 3.8) is 0 Å². The third kappa shape index (κ3) is 4.19. The monoisotopic (exact) mass is 488 g/mol. The lowest BCUT2D eigenvalue weighted by atomic mass is 10.1. The van der Waals surface area contributed by atoms with Gasteiger partial charge in [0, 0.05) is 6.61 Å². The molecule has 1 fully saturated rings. The molecule has 1 heterocycles. The zero-order valence-electron chi connectivity index (χ0n) is 10.2. The van der Waals surface area contributed by atoms with Crippen LogP contribution in [0, 0.1) is 7.14 Å². The van der Waals surface area contributed by atoms with Crippen molar-refractivity contribution >= 4 is 51.2 Å². The fraction of sp³-hybridized carbons (Fsp3) is 0.462. The molecule has 2 rings (SSSR count). The lowest BCUT2D eigenvalue weighted by Crippen LogP contribution is -2.26. The third-order valence-electron chi connectivity index (χ3n) is 2.93. The van der Waals surface area contributed by atoms with E-state index in [1.807, 2.05) is 0 Å². The van der Waals surface area contributed by atoms with E-state index in [-0.39, 0.29) is 11.7 Å². The number of benzene rings is 1. The van der Waals surface area contributed by atoms with Crippen molar-refractivity contribution in [1.82, 2.24) is 0 Å². The van der Waals surface area contributed by atoms with Crippen molar-refractivity contribution in [3.8, 4) is 5.75 Å². The SMILES string of the molecule is O=C(O)c1cc(I)c(OCC2CCCCO2)c(I)c1. The predicted octanol–water partition coefficient (Wildman–Crippen LogP) is 3.54. The van der Waals surface area contributed by atoms with Gasteiger partial charge in [0.15, 0.2) is 0 Å².